The van der Waals surface area contributed by atoms with Crippen LogP contribution in [0.4, 0.5) is 22.7 Å². The summed E-state index contributed by atoms with van der Waals surface area (Å²) in [6, 6.07) is 26.0. The molecule has 0 radical (unpaired) electrons. The molecule has 28 heavy (non-hydrogen) atoms. The molecule has 3 aromatic rings. The Balaban J connectivity index is 0.00000280. The van der Waals surface area contributed by atoms with E-state index in [1.165, 1.54) is 5.56 Å². The third-order valence-electron chi connectivity index (χ3n) is 4.53. The van der Waals surface area contributed by atoms with E-state index in [4.69, 9.17) is 0 Å². The average Bonchev–Trinajstić information content (AvgIpc) is 2.64. The summed E-state index contributed by atoms with van der Waals surface area (Å²) in [5.74, 6) is -0.0251. The maximum absolute atomic E-state index is 12.7. The molecule has 0 aliphatic heterocycles. The number of carbonyl (C=O) groups is 1. The first kappa shape index (κ1) is 21.7. The number of likely N-dealkylation sites (N-methyl/N-ethyl adjacent to an activating group) is 1. The van der Waals surface area contributed by atoms with Gasteiger partial charge >= 0.3 is 0 Å². The summed E-state index contributed by atoms with van der Waals surface area (Å²) in [6.45, 7) is 2.41. The van der Waals surface area contributed by atoms with Crippen molar-refractivity contribution in [2.75, 3.05) is 31.3 Å². The van der Waals surface area contributed by atoms with Gasteiger partial charge in [0, 0.05) is 5.69 Å². The Hall–Kier alpha value is -2.63. The summed E-state index contributed by atoms with van der Waals surface area (Å²) < 4.78 is 0.487. The van der Waals surface area contributed by atoms with Crippen LogP contribution >= 0.6 is 0 Å². The molecular weight excluding hydrogens is 414 g/mol. The molecule has 0 fully saturated rings. The Bertz CT molecular complexity index is 909. The van der Waals surface area contributed by atoms with Crippen molar-refractivity contribution in [3.8, 4) is 0 Å². The predicted molar refractivity (Wildman–Crippen MR) is 114 cm³/mol. The molecule has 3 rings (SSSR count). The van der Waals surface area contributed by atoms with Gasteiger partial charge in [-0.05, 0) is 43.3 Å². The van der Waals surface area contributed by atoms with E-state index < -0.39 is 0 Å². The number of amides is 1. The number of carbonyl (C=O) groups excluding carboxylic acids is 1. The summed E-state index contributed by atoms with van der Waals surface area (Å²) in [5, 5.41) is 6.41. The van der Waals surface area contributed by atoms with Crippen LogP contribution in [0.2, 0.25) is 0 Å². The molecule has 1 amide bonds. The maximum atomic E-state index is 12.7. The van der Waals surface area contributed by atoms with Gasteiger partial charge in [-0.1, -0.05) is 48.0 Å². The molecular formula is C23H26BrN3O. The monoisotopic (exact) mass is 439 g/mol. The number of quaternary nitrogens is 1. The van der Waals surface area contributed by atoms with Gasteiger partial charge in [0.2, 0.25) is 0 Å². The second-order valence-corrected chi connectivity index (χ2v) is 7.26. The minimum atomic E-state index is -0.0251. The lowest BCUT2D eigenvalue weighted by atomic mass is 10.2. The van der Waals surface area contributed by atoms with E-state index in [0.717, 1.165) is 22.7 Å². The first-order valence-corrected chi connectivity index (χ1v) is 9.05. The van der Waals surface area contributed by atoms with Gasteiger partial charge in [0.25, 0.3) is 5.91 Å². The Morgan fingerprint density at radius 3 is 2.04 bits per heavy atom. The van der Waals surface area contributed by atoms with Crippen LogP contribution in [-0.2, 0) is 4.79 Å². The highest BCUT2D eigenvalue weighted by atomic mass is 79.9. The van der Waals surface area contributed by atoms with Crippen molar-refractivity contribution < 1.29 is 21.8 Å². The summed E-state index contributed by atoms with van der Waals surface area (Å²) in [7, 11) is 4.08. The van der Waals surface area contributed by atoms with Gasteiger partial charge < -0.3 is 27.6 Å². The van der Waals surface area contributed by atoms with Crippen LogP contribution < -0.4 is 32.1 Å². The zero-order chi connectivity index (χ0) is 19.3. The average molecular weight is 440 g/mol. The van der Waals surface area contributed by atoms with Gasteiger partial charge in [-0.2, -0.15) is 0 Å². The molecule has 5 heteroatoms. The van der Waals surface area contributed by atoms with Crippen LogP contribution in [0.25, 0.3) is 0 Å². The highest BCUT2D eigenvalue weighted by molar-refractivity contribution is 5.96. The predicted octanol–water partition coefficient (Wildman–Crippen LogP) is 1.95. The molecule has 0 aromatic heterocycles. The van der Waals surface area contributed by atoms with Crippen molar-refractivity contribution in [3.05, 3.63) is 84.4 Å². The molecule has 4 nitrogen and oxygen atoms in total. The van der Waals surface area contributed by atoms with Crippen molar-refractivity contribution >= 4 is 28.7 Å². The van der Waals surface area contributed by atoms with Gasteiger partial charge in [-0.15, -0.1) is 0 Å². The lowest BCUT2D eigenvalue weighted by Gasteiger charge is -2.28. The highest BCUT2D eigenvalue weighted by Crippen LogP contribution is 2.26. The molecule has 0 heterocycles. The van der Waals surface area contributed by atoms with Crippen LogP contribution in [-0.4, -0.2) is 26.5 Å². The first-order valence-electron chi connectivity index (χ1n) is 9.05. The van der Waals surface area contributed by atoms with E-state index in [1.807, 2.05) is 68.7 Å². The zero-order valence-electron chi connectivity index (χ0n) is 16.4. The van der Waals surface area contributed by atoms with Crippen LogP contribution in [0.3, 0.4) is 0 Å². The number of hydrogen-bond acceptors (Lipinski definition) is 2. The number of nitrogens with one attached hydrogen (secondary N) is 2. The lowest BCUT2D eigenvalue weighted by Crippen LogP contribution is -3.00. The largest absolute Gasteiger partial charge is 1.00 e. The molecule has 0 aliphatic carbocycles. The van der Waals surface area contributed by atoms with E-state index in [9.17, 15) is 4.79 Å². The molecule has 0 saturated carbocycles. The molecule has 0 saturated heterocycles. The molecule has 2 N–H and O–H groups in total. The normalized spacial score (nSPS) is 10.7. The van der Waals surface area contributed by atoms with Crippen molar-refractivity contribution in [2.45, 2.75) is 6.92 Å². The van der Waals surface area contributed by atoms with Crippen LogP contribution in [0.5, 0.6) is 0 Å². The fourth-order valence-corrected chi connectivity index (χ4v) is 2.97. The first-order chi connectivity index (χ1) is 12.9. The number of nitrogens with zero attached hydrogens (tertiary/aromatic N) is 1. The van der Waals surface area contributed by atoms with E-state index in [-0.39, 0.29) is 22.9 Å². The Morgan fingerprint density at radius 2 is 1.39 bits per heavy atom. The van der Waals surface area contributed by atoms with E-state index >= 15 is 0 Å². The van der Waals surface area contributed by atoms with Gasteiger partial charge in [-0.3, -0.25) is 9.28 Å². The van der Waals surface area contributed by atoms with Crippen LogP contribution in [0, 0.1) is 6.92 Å². The van der Waals surface area contributed by atoms with Crippen LogP contribution in [0.15, 0.2) is 78.9 Å². The molecule has 0 spiro atoms. The van der Waals surface area contributed by atoms with E-state index in [0.29, 0.717) is 11.0 Å². The fraction of sp³-hybridized carbons (Fsp3) is 0.174. The number of halogens is 1. The van der Waals surface area contributed by atoms with Crippen molar-refractivity contribution in [1.29, 1.82) is 0 Å². The van der Waals surface area contributed by atoms with Crippen LogP contribution in [0.1, 0.15) is 5.56 Å². The highest BCUT2D eigenvalue weighted by Gasteiger charge is 2.23. The van der Waals surface area contributed by atoms with Crippen molar-refractivity contribution in [2.24, 2.45) is 0 Å². The zero-order valence-corrected chi connectivity index (χ0v) is 18.0. The number of anilines is 3. The number of hydrogen-bond donors (Lipinski definition) is 2. The summed E-state index contributed by atoms with van der Waals surface area (Å²) >= 11 is 0. The maximum Gasteiger partial charge on any atom is 0.280 e. The number of aryl methyl sites for hydroxylation is 1. The molecule has 146 valence electrons. The summed E-state index contributed by atoms with van der Waals surface area (Å²) in [4.78, 5) is 12.7. The standard InChI is InChI=1S/C23H25N3O.BrH/c1-18-13-15-20(16-14-18)26(2,3)17-23(27)25-22-12-8-7-11-21(22)24-19-9-5-4-6-10-19;/h4-16,24H,17H2,1-3H3;1H. The Labute approximate surface area is 177 Å². The van der Waals surface area contributed by atoms with Crippen molar-refractivity contribution in [1.82, 2.24) is 4.48 Å². The molecule has 3 aromatic carbocycles. The quantitative estimate of drug-likeness (QED) is 0.576. The second kappa shape index (κ2) is 9.53. The number of rotatable bonds is 6. The van der Waals surface area contributed by atoms with Gasteiger partial charge in [0.1, 0.15) is 5.69 Å². The van der Waals surface area contributed by atoms with E-state index in [1.54, 1.807) is 0 Å². The Kier molecular flexibility index (Phi) is 7.38. The minimum Gasteiger partial charge on any atom is -1.00 e. The molecule has 0 atom stereocenters. The Morgan fingerprint density at radius 1 is 0.821 bits per heavy atom. The molecule has 0 unspecified atom stereocenters. The van der Waals surface area contributed by atoms with E-state index in [2.05, 4.69) is 41.8 Å². The van der Waals surface area contributed by atoms with Gasteiger partial charge in [-0.25, -0.2) is 0 Å². The van der Waals surface area contributed by atoms with Gasteiger partial charge in [0.05, 0.1) is 25.5 Å². The smallest absolute Gasteiger partial charge is 0.280 e. The fourth-order valence-electron chi connectivity index (χ4n) is 2.97. The summed E-state index contributed by atoms with van der Waals surface area (Å²) in [6.07, 6.45) is 0. The van der Waals surface area contributed by atoms with Gasteiger partial charge in [0.15, 0.2) is 6.54 Å². The van der Waals surface area contributed by atoms with Crippen molar-refractivity contribution in [3.63, 3.8) is 0 Å². The molecule has 0 aliphatic rings. The molecule has 0 bridgehead atoms. The summed E-state index contributed by atoms with van der Waals surface area (Å²) in [5.41, 5.74) is 4.94. The lowest BCUT2D eigenvalue weighted by molar-refractivity contribution is -0.116. The number of para-hydroxylation sites is 3. The minimum absolute atomic E-state index is 0. The third kappa shape index (κ3) is 5.68. The second-order valence-electron chi connectivity index (χ2n) is 7.26. The SMILES string of the molecule is Cc1ccc([N+](C)(C)CC(=O)Nc2ccccc2Nc2ccccc2)cc1.[Br-]. The number of benzene rings is 3. The topological polar surface area (TPSA) is 41.1 Å². The third-order valence-corrected chi connectivity index (χ3v) is 4.53.